The zero-order valence-electron chi connectivity index (χ0n) is 11.2. The second-order valence-corrected chi connectivity index (χ2v) is 4.63. The van der Waals surface area contributed by atoms with Crippen LogP contribution in [-0.2, 0) is 16.1 Å². The van der Waals surface area contributed by atoms with Crippen LogP contribution < -0.4 is 5.32 Å². The molecular weight excluding hydrogens is 261 g/mol. The summed E-state index contributed by atoms with van der Waals surface area (Å²) in [6.07, 6.45) is -0.532. The average Bonchev–Trinajstić information content (AvgIpc) is 2.49. The molecule has 1 aliphatic rings. The second-order valence-electron chi connectivity index (χ2n) is 4.63. The van der Waals surface area contributed by atoms with E-state index in [4.69, 9.17) is 10.00 Å². The Kier molecular flexibility index (Phi) is 4.66. The van der Waals surface area contributed by atoms with Crippen LogP contribution in [0.2, 0.25) is 0 Å². The Bertz CT molecular complexity index is 542. The number of ether oxygens (including phenoxy) is 1. The molecule has 1 atom stereocenters. The minimum Gasteiger partial charge on any atom is -0.366 e. The van der Waals surface area contributed by atoms with Crippen LogP contribution in [0.5, 0.6) is 0 Å². The molecule has 0 spiro atoms. The highest BCUT2D eigenvalue weighted by atomic mass is 19.1. The van der Waals surface area contributed by atoms with Crippen molar-refractivity contribution >= 4 is 5.91 Å². The zero-order valence-corrected chi connectivity index (χ0v) is 11.2. The fourth-order valence-corrected chi connectivity index (χ4v) is 2.17. The van der Waals surface area contributed by atoms with Gasteiger partial charge in [-0.25, -0.2) is 4.39 Å². The van der Waals surface area contributed by atoms with Gasteiger partial charge >= 0.3 is 0 Å². The predicted octanol–water partition coefficient (Wildman–Crippen LogP) is 0.644. The van der Waals surface area contributed by atoms with Gasteiger partial charge < -0.3 is 10.1 Å². The summed E-state index contributed by atoms with van der Waals surface area (Å²) in [6, 6.07) is 6.28. The molecule has 0 aromatic heterocycles. The second kappa shape index (κ2) is 6.46. The van der Waals surface area contributed by atoms with Crippen molar-refractivity contribution < 1.29 is 13.9 Å². The van der Waals surface area contributed by atoms with Crippen molar-refractivity contribution in [2.45, 2.75) is 12.6 Å². The van der Waals surface area contributed by atoms with E-state index in [-0.39, 0.29) is 11.7 Å². The third-order valence-corrected chi connectivity index (χ3v) is 3.26. The fourth-order valence-electron chi connectivity index (χ4n) is 2.17. The number of benzene rings is 1. The van der Waals surface area contributed by atoms with Crippen LogP contribution in [0.4, 0.5) is 4.39 Å². The van der Waals surface area contributed by atoms with E-state index in [1.807, 2.05) is 11.0 Å². The lowest BCUT2D eigenvalue weighted by Gasteiger charge is -2.31. The van der Waals surface area contributed by atoms with E-state index in [2.05, 4.69) is 5.32 Å². The summed E-state index contributed by atoms with van der Waals surface area (Å²) < 4.78 is 19.1. The predicted molar refractivity (Wildman–Crippen MR) is 70.2 cm³/mol. The molecule has 0 bridgehead atoms. The third-order valence-electron chi connectivity index (χ3n) is 3.26. The maximum absolute atomic E-state index is 13.7. The molecule has 1 heterocycles. The van der Waals surface area contributed by atoms with E-state index >= 15 is 0 Å². The van der Waals surface area contributed by atoms with E-state index < -0.39 is 6.10 Å². The van der Waals surface area contributed by atoms with Gasteiger partial charge in [-0.15, -0.1) is 0 Å². The molecule has 20 heavy (non-hydrogen) atoms. The molecule has 1 amide bonds. The summed E-state index contributed by atoms with van der Waals surface area (Å²) in [5.74, 6) is -0.520. The van der Waals surface area contributed by atoms with Gasteiger partial charge in [0.15, 0.2) is 0 Å². The molecule has 106 valence electrons. The van der Waals surface area contributed by atoms with Gasteiger partial charge in [0.1, 0.15) is 11.9 Å². The number of carbonyl (C=O) groups is 1. The lowest BCUT2D eigenvalue weighted by molar-refractivity contribution is -0.138. The number of nitrogens with one attached hydrogen (secondary N) is 1. The Balaban J connectivity index is 2.06. The Morgan fingerprint density at radius 3 is 3.15 bits per heavy atom. The van der Waals surface area contributed by atoms with Gasteiger partial charge in [-0.2, -0.15) is 5.26 Å². The quantitative estimate of drug-likeness (QED) is 0.880. The number of halogens is 1. The minimum absolute atomic E-state index is 0.180. The third kappa shape index (κ3) is 3.32. The Morgan fingerprint density at radius 1 is 1.65 bits per heavy atom. The van der Waals surface area contributed by atoms with Gasteiger partial charge in [0.2, 0.25) is 5.91 Å². The first-order valence-corrected chi connectivity index (χ1v) is 6.38. The highest BCUT2D eigenvalue weighted by Crippen LogP contribution is 2.15. The van der Waals surface area contributed by atoms with E-state index in [9.17, 15) is 9.18 Å². The number of hydrogen-bond donors (Lipinski definition) is 1. The number of likely N-dealkylation sites (N-methyl/N-ethyl adjacent to an activating group) is 1. The SMILES string of the molecule is CNC(=O)[C@@H]1CN(Cc2cc(C#N)ccc2F)CCO1. The van der Waals surface area contributed by atoms with Crippen molar-refractivity contribution in [3.63, 3.8) is 0 Å². The normalized spacial score (nSPS) is 19.4. The number of rotatable bonds is 3. The molecule has 1 saturated heterocycles. The van der Waals surface area contributed by atoms with Crippen molar-refractivity contribution in [3.05, 3.63) is 35.1 Å². The van der Waals surface area contributed by atoms with Crippen molar-refractivity contribution in [3.8, 4) is 6.07 Å². The number of nitriles is 1. The number of carbonyl (C=O) groups excluding carboxylic acids is 1. The van der Waals surface area contributed by atoms with Crippen molar-refractivity contribution in [2.75, 3.05) is 26.7 Å². The molecule has 0 unspecified atom stereocenters. The highest BCUT2D eigenvalue weighted by Gasteiger charge is 2.26. The first-order chi connectivity index (χ1) is 9.63. The summed E-state index contributed by atoms with van der Waals surface area (Å²) in [6.45, 7) is 1.83. The Labute approximate surface area is 116 Å². The van der Waals surface area contributed by atoms with Crippen LogP contribution >= 0.6 is 0 Å². The molecule has 0 aliphatic carbocycles. The monoisotopic (exact) mass is 277 g/mol. The number of morpholine rings is 1. The molecule has 5 nitrogen and oxygen atoms in total. The van der Waals surface area contributed by atoms with Crippen LogP contribution in [0.25, 0.3) is 0 Å². The Hall–Kier alpha value is -1.97. The zero-order chi connectivity index (χ0) is 14.5. The summed E-state index contributed by atoms with van der Waals surface area (Å²) in [7, 11) is 1.56. The average molecular weight is 277 g/mol. The molecule has 1 aliphatic heterocycles. The van der Waals surface area contributed by atoms with E-state index in [0.29, 0.717) is 37.4 Å². The van der Waals surface area contributed by atoms with Gasteiger partial charge in [-0.05, 0) is 18.2 Å². The van der Waals surface area contributed by atoms with Gasteiger partial charge in [-0.1, -0.05) is 0 Å². The lowest BCUT2D eigenvalue weighted by atomic mass is 10.1. The minimum atomic E-state index is -0.532. The highest BCUT2D eigenvalue weighted by molar-refractivity contribution is 5.80. The van der Waals surface area contributed by atoms with Crippen LogP contribution in [0.3, 0.4) is 0 Å². The summed E-state index contributed by atoms with van der Waals surface area (Å²) in [5, 5.41) is 11.4. The Morgan fingerprint density at radius 2 is 2.45 bits per heavy atom. The van der Waals surface area contributed by atoms with E-state index in [1.165, 1.54) is 12.1 Å². The maximum Gasteiger partial charge on any atom is 0.250 e. The number of amides is 1. The van der Waals surface area contributed by atoms with Crippen LogP contribution in [-0.4, -0.2) is 43.7 Å². The van der Waals surface area contributed by atoms with Gasteiger partial charge in [0, 0.05) is 32.2 Å². The van der Waals surface area contributed by atoms with Gasteiger partial charge in [-0.3, -0.25) is 9.69 Å². The largest absolute Gasteiger partial charge is 0.366 e. The molecular formula is C14H16FN3O2. The van der Waals surface area contributed by atoms with Crippen LogP contribution in [0.1, 0.15) is 11.1 Å². The molecule has 6 heteroatoms. The van der Waals surface area contributed by atoms with E-state index in [0.717, 1.165) is 0 Å². The summed E-state index contributed by atoms with van der Waals surface area (Å²) >= 11 is 0. The molecule has 1 aromatic carbocycles. The summed E-state index contributed by atoms with van der Waals surface area (Å²) in [5.41, 5.74) is 0.888. The van der Waals surface area contributed by atoms with Crippen LogP contribution in [0.15, 0.2) is 18.2 Å². The number of hydrogen-bond acceptors (Lipinski definition) is 4. The van der Waals surface area contributed by atoms with Crippen molar-refractivity contribution in [2.24, 2.45) is 0 Å². The molecule has 0 radical (unpaired) electrons. The van der Waals surface area contributed by atoms with Crippen molar-refractivity contribution in [1.29, 1.82) is 5.26 Å². The first-order valence-electron chi connectivity index (χ1n) is 6.38. The summed E-state index contributed by atoms with van der Waals surface area (Å²) in [4.78, 5) is 13.5. The molecule has 1 fully saturated rings. The molecule has 0 saturated carbocycles. The van der Waals surface area contributed by atoms with Crippen LogP contribution in [0, 0.1) is 17.1 Å². The standard InChI is InChI=1S/C14H16FN3O2/c1-17-14(19)13-9-18(4-5-20-13)8-11-6-10(7-16)2-3-12(11)15/h2-3,6,13H,4-5,8-9H2,1H3,(H,17,19)/t13-/m0/s1. The first kappa shape index (κ1) is 14.4. The molecule has 1 N–H and O–H groups in total. The fraction of sp³-hybridized carbons (Fsp3) is 0.429. The lowest BCUT2D eigenvalue weighted by Crippen LogP contribution is -2.48. The number of nitrogens with zero attached hydrogens (tertiary/aromatic N) is 2. The van der Waals surface area contributed by atoms with Gasteiger partial charge in [0.05, 0.1) is 18.2 Å². The molecule has 2 rings (SSSR count). The van der Waals surface area contributed by atoms with Crippen molar-refractivity contribution in [1.82, 2.24) is 10.2 Å². The van der Waals surface area contributed by atoms with E-state index in [1.54, 1.807) is 13.1 Å². The topological polar surface area (TPSA) is 65.4 Å². The van der Waals surface area contributed by atoms with Gasteiger partial charge in [0.25, 0.3) is 0 Å². The molecule has 1 aromatic rings. The maximum atomic E-state index is 13.7. The smallest absolute Gasteiger partial charge is 0.250 e.